The van der Waals surface area contributed by atoms with E-state index < -0.39 is 0 Å². The van der Waals surface area contributed by atoms with Crippen molar-refractivity contribution in [2.75, 3.05) is 0 Å². The van der Waals surface area contributed by atoms with E-state index in [0.717, 1.165) is 46.4 Å². The molecule has 0 unspecified atom stereocenters. The van der Waals surface area contributed by atoms with Crippen LogP contribution in [0.5, 0.6) is 0 Å². The third-order valence-corrected chi connectivity index (χ3v) is 6.15. The monoisotopic (exact) mass is 427 g/mol. The van der Waals surface area contributed by atoms with Crippen LogP contribution in [0.2, 0.25) is 0 Å². The SMILES string of the molecule is Cc1ccc(-c2nc3n(CC(=O)NCc4ccccc4C)c4c(c(=O)n3n2)CCC4)cc1. The van der Waals surface area contributed by atoms with Gasteiger partial charge in [0.15, 0.2) is 5.82 Å². The van der Waals surface area contributed by atoms with Crippen molar-refractivity contribution < 1.29 is 4.79 Å². The number of fused-ring (bicyclic) bond motifs is 2. The first-order valence-electron chi connectivity index (χ1n) is 10.9. The molecule has 0 fully saturated rings. The Balaban J connectivity index is 1.50. The maximum atomic E-state index is 13.1. The summed E-state index contributed by atoms with van der Waals surface area (Å²) >= 11 is 0. The highest BCUT2D eigenvalue weighted by atomic mass is 16.2. The zero-order valence-corrected chi connectivity index (χ0v) is 18.3. The minimum Gasteiger partial charge on any atom is -0.350 e. The van der Waals surface area contributed by atoms with Crippen LogP contribution < -0.4 is 10.9 Å². The van der Waals surface area contributed by atoms with Gasteiger partial charge in [-0.1, -0.05) is 54.1 Å². The molecule has 2 heterocycles. The number of carbonyl (C=O) groups is 1. The zero-order valence-electron chi connectivity index (χ0n) is 18.3. The number of aromatic nitrogens is 4. The van der Waals surface area contributed by atoms with Crippen LogP contribution in [0.25, 0.3) is 17.2 Å². The van der Waals surface area contributed by atoms with Crippen LogP contribution in [0.3, 0.4) is 0 Å². The number of nitrogens with zero attached hydrogens (tertiary/aromatic N) is 4. The van der Waals surface area contributed by atoms with E-state index >= 15 is 0 Å². The minimum atomic E-state index is -0.130. The molecule has 5 rings (SSSR count). The van der Waals surface area contributed by atoms with Gasteiger partial charge in [0.1, 0.15) is 6.54 Å². The average Bonchev–Trinajstić information content (AvgIpc) is 3.45. The van der Waals surface area contributed by atoms with Crippen molar-refractivity contribution in [3.63, 3.8) is 0 Å². The summed E-state index contributed by atoms with van der Waals surface area (Å²) < 4.78 is 3.22. The van der Waals surface area contributed by atoms with Gasteiger partial charge >= 0.3 is 0 Å². The molecule has 32 heavy (non-hydrogen) atoms. The predicted molar refractivity (Wildman–Crippen MR) is 122 cm³/mol. The standard InChI is InChI=1S/C25H25N5O2/c1-16-10-12-18(13-11-16)23-27-25-29(21-9-5-8-20(21)24(32)30(25)28-23)15-22(31)26-14-19-7-4-3-6-17(19)2/h3-4,6-7,10-13H,5,8-9,14-15H2,1-2H3,(H,26,31). The first-order chi connectivity index (χ1) is 15.5. The van der Waals surface area contributed by atoms with Crippen LogP contribution in [-0.4, -0.2) is 25.1 Å². The molecule has 0 saturated heterocycles. The largest absolute Gasteiger partial charge is 0.350 e. The van der Waals surface area contributed by atoms with Crippen LogP contribution in [0.4, 0.5) is 0 Å². The molecule has 7 nitrogen and oxygen atoms in total. The van der Waals surface area contributed by atoms with Crippen molar-refractivity contribution in [3.8, 4) is 11.4 Å². The second kappa shape index (κ2) is 8.07. The number of rotatable bonds is 5. The van der Waals surface area contributed by atoms with E-state index in [2.05, 4.69) is 15.4 Å². The van der Waals surface area contributed by atoms with Gasteiger partial charge in [-0.3, -0.25) is 9.59 Å². The molecule has 1 N–H and O–H groups in total. The summed E-state index contributed by atoms with van der Waals surface area (Å²) in [5.74, 6) is 0.782. The Kier molecular flexibility index (Phi) is 5.09. The summed E-state index contributed by atoms with van der Waals surface area (Å²) in [5.41, 5.74) is 5.71. The summed E-state index contributed by atoms with van der Waals surface area (Å²) in [5, 5.41) is 7.51. The highest BCUT2D eigenvalue weighted by Gasteiger charge is 2.25. The lowest BCUT2D eigenvalue weighted by Crippen LogP contribution is -2.31. The number of hydrogen-bond donors (Lipinski definition) is 1. The fourth-order valence-corrected chi connectivity index (χ4v) is 4.31. The Hall–Kier alpha value is -3.74. The van der Waals surface area contributed by atoms with Gasteiger partial charge in [-0.2, -0.15) is 9.50 Å². The van der Waals surface area contributed by atoms with Crippen LogP contribution in [-0.2, 0) is 30.7 Å². The first kappa shape index (κ1) is 20.2. The van der Waals surface area contributed by atoms with Crippen LogP contribution in [0.15, 0.2) is 53.3 Å². The van der Waals surface area contributed by atoms with Crippen molar-refractivity contribution in [2.45, 2.75) is 46.2 Å². The van der Waals surface area contributed by atoms with Gasteiger partial charge in [-0.05, 0) is 44.2 Å². The average molecular weight is 428 g/mol. The Morgan fingerprint density at radius 3 is 2.62 bits per heavy atom. The van der Waals surface area contributed by atoms with E-state index in [9.17, 15) is 9.59 Å². The number of nitrogens with one attached hydrogen (secondary N) is 1. The van der Waals surface area contributed by atoms with Gasteiger partial charge in [-0.25, -0.2) is 0 Å². The third-order valence-electron chi connectivity index (χ3n) is 6.15. The Labute approximate surface area is 185 Å². The van der Waals surface area contributed by atoms with Crippen LogP contribution >= 0.6 is 0 Å². The quantitative estimate of drug-likeness (QED) is 0.531. The topological polar surface area (TPSA) is 81.3 Å². The second-order valence-corrected chi connectivity index (χ2v) is 8.39. The van der Waals surface area contributed by atoms with Crippen molar-refractivity contribution in [2.24, 2.45) is 0 Å². The second-order valence-electron chi connectivity index (χ2n) is 8.39. The van der Waals surface area contributed by atoms with E-state index in [0.29, 0.717) is 24.6 Å². The predicted octanol–water partition coefficient (Wildman–Crippen LogP) is 2.98. The van der Waals surface area contributed by atoms with Gasteiger partial charge in [0, 0.05) is 23.4 Å². The molecule has 2 aromatic heterocycles. The smallest absolute Gasteiger partial charge is 0.279 e. The van der Waals surface area contributed by atoms with E-state index in [4.69, 9.17) is 0 Å². The molecular weight excluding hydrogens is 402 g/mol. The number of benzene rings is 2. The Morgan fingerprint density at radius 2 is 1.84 bits per heavy atom. The summed E-state index contributed by atoms with van der Waals surface area (Å²) in [7, 11) is 0. The van der Waals surface area contributed by atoms with Gasteiger partial charge in [0.2, 0.25) is 11.7 Å². The molecule has 1 aliphatic carbocycles. The molecule has 0 saturated carbocycles. The lowest BCUT2D eigenvalue weighted by molar-refractivity contribution is -0.121. The minimum absolute atomic E-state index is 0.101. The highest BCUT2D eigenvalue weighted by molar-refractivity contribution is 5.76. The van der Waals surface area contributed by atoms with Crippen molar-refractivity contribution in [1.82, 2.24) is 24.5 Å². The molecule has 1 aliphatic rings. The van der Waals surface area contributed by atoms with E-state index in [-0.39, 0.29) is 18.0 Å². The number of aryl methyl sites for hydroxylation is 2. The van der Waals surface area contributed by atoms with Crippen molar-refractivity contribution in [3.05, 3.63) is 86.8 Å². The molecule has 0 radical (unpaired) electrons. The van der Waals surface area contributed by atoms with Gasteiger partial charge in [0.25, 0.3) is 5.56 Å². The van der Waals surface area contributed by atoms with Crippen LogP contribution in [0.1, 0.15) is 34.4 Å². The van der Waals surface area contributed by atoms with Crippen molar-refractivity contribution >= 4 is 11.7 Å². The maximum absolute atomic E-state index is 13.1. The fourth-order valence-electron chi connectivity index (χ4n) is 4.31. The van der Waals surface area contributed by atoms with Gasteiger partial charge < -0.3 is 9.88 Å². The molecular formula is C25H25N5O2. The molecule has 0 spiro atoms. The zero-order chi connectivity index (χ0) is 22.2. The first-order valence-corrected chi connectivity index (χ1v) is 10.9. The number of amides is 1. The summed E-state index contributed by atoms with van der Waals surface area (Å²) in [6, 6.07) is 15.9. The highest BCUT2D eigenvalue weighted by Crippen LogP contribution is 2.22. The summed E-state index contributed by atoms with van der Waals surface area (Å²) in [6.45, 7) is 4.61. The molecule has 0 atom stereocenters. The van der Waals surface area contributed by atoms with Crippen LogP contribution in [0, 0.1) is 13.8 Å². The molecule has 1 amide bonds. The van der Waals surface area contributed by atoms with Gasteiger partial charge in [-0.15, -0.1) is 5.10 Å². The molecule has 0 bridgehead atoms. The Bertz CT molecular complexity index is 1380. The van der Waals surface area contributed by atoms with E-state index in [1.165, 1.54) is 4.52 Å². The fraction of sp³-hybridized carbons (Fsp3) is 0.280. The summed E-state index contributed by atoms with van der Waals surface area (Å²) in [4.78, 5) is 30.6. The normalized spacial score (nSPS) is 12.8. The van der Waals surface area contributed by atoms with E-state index in [1.807, 2.05) is 66.9 Å². The number of hydrogen-bond acceptors (Lipinski definition) is 4. The third kappa shape index (κ3) is 3.60. The number of carbonyl (C=O) groups excluding carboxylic acids is 1. The lowest BCUT2D eigenvalue weighted by atomic mass is 10.1. The molecule has 0 aliphatic heterocycles. The molecule has 2 aromatic carbocycles. The lowest BCUT2D eigenvalue weighted by Gasteiger charge is -2.14. The van der Waals surface area contributed by atoms with Crippen molar-refractivity contribution in [1.29, 1.82) is 0 Å². The molecule has 7 heteroatoms. The Morgan fingerprint density at radius 1 is 1.06 bits per heavy atom. The maximum Gasteiger partial charge on any atom is 0.279 e. The molecule has 4 aromatic rings. The van der Waals surface area contributed by atoms with E-state index in [1.54, 1.807) is 0 Å². The van der Waals surface area contributed by atoms with Gasteiger partial charge in [0.05, 0.1) is 0 Å². The summed E-state index contributed by atoms with van der Waals surface area (Å²) in [6.07, 6.45) is 2.36. The molecule has 162 valence electrons.